The summed E-state index contributed by atoms with van der Waals surface area (Å²) in [6.07, 6.45) is 0.249. The smallest absolute Gasteiger partial charge is 0.387 e. The third kappa shape index (κ3) is 3.99. The number of alkyl halides is 2. The Labute approximate surface area is 148 Å². The highest BCUT2D eigenvalue weighted by molar-refractivity contribution is 5.85. The summed E-state index contributed by atoms with van der Waals surface area (Å²) in [7, 11) is 0. The van der Waals surface area contributed by atoms with Gasteiger partial charge in [-0.3, -0.25) is 4.79 Å². The van der Waals surface area contributed by atoms with Crippen LogP contribution in [-0.4, -0.2) is 34.5 Å². The van der Waals surface area contributed by atoms with E-state index in [0.717, 1.165) is 11.1 Å². The lowest BCUT2D eigenvalue weighted by Crippen LogP contribution is -2.49. The average Bonchev–Trinajstić information content (AvgIpc) is 2.61. The minimum Gasteiger partial charge on any atom is -0.480 e. The van der Waals surface area contributed by atoms with Crippen molar-refractivity contribution in [2.45, 2.75) is 32.0 Å². The highest BCUT2D eigenvalue weighted by Gasteiger charge is 2.34. The predicted octanol–water partition coefficient (Wildman–Crippen LogP) is 2.87. The SMILES string of the molecule is O=C(O)C1Cc2ccccc2CN1C(=O)Cc1ccc(OC(F)F)cc1. The van der Waals surface area contributed by atoms with Gasteiger partial charge in [-0.05, 0) is 28.8 Å². The first-order valence-corrected chi connectivity index (χ1v) is 8.07. The third-order valence-electron chi connectivity index (χ3n) is 4.36. The zero-order valence-corrected chi connectivity index (χ0v) is 13.8. The molecule has 0 aromatic heterocycles. The topological polar surface area (TPSA) is 66.8 Å². The van der Waals surface area contributed by atoms with Crippen molar-refractivity contribution in [2.75, 3.05) is 0 Å². The van der Waals surface area contributed by atoms with Crippen LogP contribution in [0.3, 0.4) is 0 Å². The minimum absolute atomic E-state index is 0.00603. The van der Waals surface area contributed by atoms with Gasteiger partial charge in [0.15, 0.2) is 0 Å². The molecule has 0 spiro atoms. The number of hydrogen-bond donors (Lipinski definition) is 1. The lowest BCUT2D eigenvalue weighted by Gasteiger charge is -2.34. The summed E-state index contributed by atoms with van der Waals surface area (Å²) in [5.74, 6) is -1.37. The van der Waals surface area contributed by atoms with E-state index in [1.54, 1.807) is 0 Å². The summed E-state index contributed by atoms with van der Waals surface area (Å²) in [5.41, 5.74) is 2.45. The van der Waals surface area contributed by atoms with Crippen LogP contribution in [0.25, 0.3) is 0 Å². The molecule has 136 valence electrons. The molecule has 0 bridgehead atoms. The first kappa shape index (κ1) is 17.8. The standard InChI is InChI=1S/C19H17F2NO4/c20-19(21)26-15-7-5-12(6-8-15)9-17(23)22-11-14-4-2-1-3-13(14)10-16(22)18(24)25/h1-8,16,19H,9-11H2,(H,24,25). The molecule has 1 amide bonds. The van der Waals surface area contributed by atoms with E-state index < -0.39 is 18.6 Å². The van der Waals surface area contributed by atoms with E-state index in [2.05, 4.69) is 4.74 Å². The van der Waals surface area contributed by atoms with Crippen LogP contribution in [0.15, 0.2) is 48.5 Å². The number of carbonyl (C=O) groups is 2. The summed E-state index contributed by atoms with van der Waals surface area (Å²) in [6, 6.07) is 12.3. The first-order chi connectivity index (χ1) is 12.4. The normalized spacial score (nSPS) is 16.3. The number of carboxylic acid groups (broad SMARTS) is 1. The number of benzene rings is 2. The number of amides is 1. The van der Waals surface area contributed by atoms with Crippen LogP contribution < -0.4 is 4.74 Å². The quantitative estimate of drug-likeness (QED) is 0.889. The van der Waals surface area contributed by atoms with E-state index in [9.17, 15) is 23.5 Å². The number of carboxylic acids is 1. The molecule has 2 aromatic rings. The average molecular weight is 361 g/mol. The van der Waals surface area contributed by atoms with Crippen molar-refractivity contribution in [3.8, 4) is 5.75 Å². The Kier molecular flexibility index (Phi) is 5.16. The molecule has 0 fully saturated rings. The Balaban J connectivity index is 1.74. The monoisotopic (exact) mass is 361 g/mol. The van der Waals surface area contributed by atoms with Gasteiger partial charge in [0.25, 0.3) is 0 Å². The number of nitrogens with zero attached hydrogens (tertiary/aromatic N) is 1. The van der Waals surface area contributed by atoms with Gasteiger partial charge >= 0.3 is 12.6 Å². The molecule has 0 saturated heterocycles. The van der Waals surface area contributed by atoms with Gasteiger partial charge < -0.3 is 14.7 Å². The van der Waals surface area contributed by atoms with Crippen molar-refractivity contribution >= 4 is 11.9 Å². The lowest BCUT2D eigenvalue weighted by molar-refractivity contribution is -0.151. The molecule has 0 radical (unpaired) electrons. The van der Waals surface area contributed by atoms with Crippen molar-refractivity contribution in [1.29, 1.82) is 0 Å². The Hall–Kier alpha value is -2.96. The van der Waals surface area contributed by atoms with Crippen LogP contribution in [0.5, 0.6) is 5.75 Å². The van der Waals surface area contributed by atoms with E-state index in [1.807, 2.05) is 24.3 Å². The lowest BCUT2D eigenvalue weighted by atomic mass is 9.93. The van der Waals surface area contributed by atoms with Gasteiger partial charge in [0.05, 0.1) is 6.42 Å². The van der Waals surface area contributed by atoms with Gasteiger partial charge in [-0.2, -0.15) is 8.78 Å². The fraction of sp³-hybridized carbons (Fsp3) is 0.263. The summed E-state index contributed by atoms with van der Waals surface area (Å²) in [4.78, 5) is 25.6. The van der Waals surface area contributed by atoms with Gasteiger partial charge in [-0.25, -0.2) is 4.79 Å². The van der Waals surface area contributed by atoms with E-state index in [0.29, 0.717) is 5.56 Å². The molecule has 2 aromatic carbocycles. The molecule has 5 nitrogen and oxygen atoms in total. The number of ether oxygens (including phenoxy) is 1. The van der Waals surface area contributed by atoms with E-state index in [4.69, 9.17) is 0 Å². The van der Waals surface area contributed by atoms with Crippen molar-refractivity contribution in [1.82, 2.24) is 4.90 Å². The van der Waals surface area contributed by atoms with Gasteiger partial charge in [-0.15, -0.1) is 0 Å². The zero-order valence-electron chi connectivity index (χ0n) is 13.8. The van der Waals surface area contributed by atoms with Crippen LogP contribution in [0.1, 0.15) is 16.7 Å². The number of carbonyl (C=O) groups excluding carboxylic acids is 1. The maximum atomic E-state index is 12.7. The molecule has 1 unspecified atom stereocenters. The highest BCUT2D eigenvalue weighted by Crippen LogP contribution is 2.24. The van der Waals surface area contributed by atoms with Gasteiger partial charge in [-0.1, -0.05) is 36.4 Å². The largest absolute Gasteiger partial charge is 0.480 e. The molecule has 26 heavy (non-hydrogen) atoms. The highest BCUT2D eigenvalue weighted by atomic mass is 19.3. The molecular weight excluding hydrogens is 344 g/mol. The van der Waals surface area contributed by atoms with E-state index in [-0.39, 0.29) is 31.0 Å². The molecular formula is C19H17F2NO4. The summed E-state index contributed by atoms with van der Waals surface area (Å²) in [5, 5.41) is 9.49. The molecule has 1 aliphatic rings. The molecule has 1 heterocycles. The second-order valence-corrected chi connectivity index (χ2v) is 6.05. The Morgan fingerprint density at radius 3 is 2.38 bits per heavy atom. The fourth-order valence-corrected chi connectivity index (χ4v) is 3.07. The van der Waals surface area contributed by atoms with Crippen LogP contribution >= 0.6 is 0 Å². The van der Waals surface area contributed by atoms with Crippen LogP contribution in [0, 0.1) is 0 Å². The molecule has 1 aliphatic heterocycles. The number of hydrogen-bond acceptors (Lipinski definition) is 3. The summed E-state index contributed by atoms with van der Waals surface area (Å²) < 4.78 is 28.6. The summed E-state index contributed by atoms with van der Waals surface area (Å²) in [6.45, 7) is -2.68. The van der Waals surface area contributed by atoms with E-state index >= 15 is 0 Å². The number of halogens is 2. The summed E-state index contributed by atoms with van der Waals surface area (Å²) >= 11 is 0. The van der Waals surface area contributed by atoms with E-state index in [1.165, 1.54) is 29.2 Å². The molecule has 3 rings (SSSR count). The minimum atomic E-state index is -2.91. The van der Waals surface area contributed by atoms with Crippen molar-refractivity contribution in [3.05, 3.63) is 65.2 Å². The number of rotatable bonds is 5. The third-order valence-corrected chi connectivity index (χ3v) is 4.36. The maximum absolute atomic E-state index is 12.7. The first-order valence-electron chi connectivity index (χ1n) is 8.07. The second kappa shape index (κ2) is 7.51. The van der Waals surface area contributed by atoms with Crippen molar-refractivity contribution in [3.63, 3.8) is 0 Å². The maximum Gasteiger partial charge on any atom is 0.387 e. The molecule has 0 saturated carbocycles. The van der Waals surface area contributed by atoms with Crippen molar-refractivity contribution in [2.24, 2.45) is 0 Å². The number of fused-ring (bicyclic) bond motifs is 1. The molecule has 7 heteroatoms. The van der Waals surface area contributed by atoms with Gasteiger partial charge in [0, 0.05) is 13.0 Å². The Bertz CT molecular complexity index is 807. The van der Waals surface area contributed by atoms with Crippen LogP contribution in [-0.2, 0) is 29.0 Å². The fourth-order valence-electron chi connectivity index (χ4n) is 3.07. The predicted molar refractivity (Wildman–Crippen MR) is 88.9 cm³/mol. The van der Waals surface area contributed by atoms with Gasteiger partial charge in [0.1, 0.15) is 11.8 Å². The van der Waals surface area contributed by atoms with Crippen LogP contribution in [0.2, 0.25) is 0 Å². The van der Waals surface area contributed by atoms with Gasteiger partial charge in [0.2, 0.25) is 5.91 Å². The number of aliphatic carboxylic acids is 1. The molecule has 1 N–H and O–H groups in total. The molecule has 0 aliphatic carbocycles. The zero-order chi connectivity index (χ0) is 18.7. The Morgan fingerprint density at radius 1 is 1.12 bits per heavy atom. The van der Waals surface area contributed by atoms with Crippen molar-refractivity contribution < 1.29 is 28.2 Å². The second-order valence-electron chi connectivity index (χ2n) is 6.05. The van der Waals surface area contributed by atoms with Crippen LogP contribution in [0.4, 0.5) is 8.78 Å². The Morgan fingerprint density at radius 2 is 1.77 bits per heavy atom. The molecule has 1 atom stereocenters.